The van der Waals surface area contributed by atoms with Crippen LogP contribution in [0, 0.1) is 6.92 Å². The molecule has 1 amide bonds. The molecular weight excluding hydrogens is 408 g/mol. The standard InChI is InChI=1S/C20H22N4O3S2/c1-13-19(29(26,27)22-2)28-20(23-13)24(3)18(25)11-14-7-9-15(10-8-14)16-5-4-6-17(21)12-16/h4-10,12,22H,11,21H2,1-3H3. The molecule has 29 heavy (non-hydrogen) atoms. The third kappa shape index (κ3) is 4.64. The van der Waals surface area contributed by atoms with Crippen molar-refractivity contribution >= 4 is 38.1 Å². The molecule has 0 radical (unpaired) electrons. The van der Waals surface area contributed by atoms with E-state index in [2.05, 4.69) is 9.71 Å². The van der Waals surface area contributed by atoms with Gasteiger partial charge >= 0.3 is 0 Å². The lowest BCUT2D eigenvalue weighted by Crippen LogP contribution is -2.27. The predicted octanol–water partition coefficient (Wildman–Crippen LogP) is 2.81. The number of sulfonamides is 1. The number of anilines is 2. The molecule has 1 aromatic heterocycles. The van der Waals surface area contributed by atoms with Crippen LogP contribution in [0.5, 0.6) is 0 Å². The summed E-state index contributed by atoms with van der Waals surface area (Å²) < 4.78 is 26.5. The number of carbonyl (C=O) groups is 1. The van der Waals surface area contributed by atoms with Crippen molar-refractivity contribution in [1.29, 1.82) is 0 Å². The van der Waals surface area contributed by atoms with Crippen molar-refractivity contribution in [2.24, 2.45) is 0 Å². The predicted molar refractivity (Wildman–Crippen MR) is 117 cm³/mol. The van der Waals surface area contributed by atoms with Crippen LogP contribution in [0.1, 0.15) is 11.3 Å². The van der Waals surface area contributed by atoms with Crippen molar-refractivity contribution in [3.8, 4) is 11.1 Å². The van der Waals surface area contributed by atoms with Gasteiger partial charge in [0.25, 0.3) is 10.0 Å². The normalized spacial score (nSPS) is 11.4. The highest BCUT2D eigenvalue weighted by atomic mass is 32.2. The van der Waals surface area contributed by atoms with Crippen LogP contribution in [0.3, 0.4) is 0 Å². The molecule has 3 aromatic rings. The summed E-state index contributed by atoms with van der Waals surface area (Å²) in [6.07, 6.45) is 0.181. The van der Waals surface area contributed by atoms with E-state index in [0.29, 0.717) is 16.5 Å². The van der Waals surface area contributed by atoms with Gasteiger partial charge in [-0.1, -0.05) is 47.7 Å². The molecule has 0 bridgehead atoms. The zero-order chi connectivity index (χ0) is 21.2. The number of amides is 1. The lowest BCUT2D eigenvalue weighted by Gasteiger charge is -2.14. The molecule has 3 rings (SSSR count). The van der Waals surface area contributed by atoms with Crippen LogP contribution in [0.15, 0.2) is 52.7 Å². The van der Waals surface area contributed by atoms with Gasteiger partial charge in [-0.25, -0.2) is 18.1 Å². The van der Waals surface area contributed by atoms with Gasteiger partial charge in [0, 0.05) is 12.7 Å². The number of thiazole rings is 1. The minimum absolute atomic E-state index is 0.112. The Morgan fingerprint density at radius 1 is 1.17 bits per heavy atom. The number of nitrogens with one attached hydrogen (secondary N) is 1. The quantitative estimate of drug-likeness (QED) is 0.585. The van der Waals surface area contributed by atoms with Gasteiger partial charge in [0.2, 0.25) is 5.91 Å². The first-order valence-corrected chi connectivity index (χ1v) is 11.1. The molecule has 152 valence electrons. The van der Waals surface area contributed by atoms with Gasteiger partial charge in [0.05, 0.1) is 12.1 Å². The number of carbonyl (C=O) groups excluding carboxylic acids is 1. The molecule has 0 spiro atoms. The number of nitrogens with zero attached hydrogens (tertiary/aromatic N) is 2. The Kier molecular flexibility index (Phi) is 6.02. The topological polar surface area (TPSA) is 105 Å². The Morgan fingerprint density at radius 2 is 1.86 bits per heavy atom. The summed E-state index contributed by atoms with van der Waals surface area (Å²) in [6, 6.07) is 15.3. The number of hydrogen-bond acceptors (Lipinski definition) is 6. The largest absolute Gasteiger partial charge is 0.399 e. The molecule has 0 unspecified atom stereocenters. The van der Waals surface area contributed by atoms with Gasteiger partial charge in [0.15, 0.2) is 9.34 Å². The molecule has 0 aliphatic carbocycles. The molecule has 0 aliphatic heterocycles. The summed E-state index contributed by atoms with van der Waals surface area (Å²) in [5.41, 5.74) is 9.77. The van der Waals surface area contributed by atoms with E-state index in [-0.39, 0.29) is 16.5 Å². The summed E-state index contributed by atoms with van der Waals surface area (Å²) in [5.74, 6) is -0.177. The Bertz CT molecular complexity index is 1140. The smallest absolute Gasteiger partial charge is 0.251 e. The molecule has 0 saturated heterocycles. The second-order valence-corrected chi connectivity index (χ2v) is 9.59. The lowest BCUT2D eigenvalue weighted by atomic mass is 10.0. The van der Waals surface area contributed by atoms with E-state index in [4.69, 9.17) is 5.73 Å². The van der Waals surface area contributed by atoms with Gasteiger partial charge in [0.1, 0.15) is 0 Å². The van der Waals surface area contributed by atoms with Gasteiger partial charge in [-0.3, -0.25) is 9.69 Å². The van der Waals surface area contributed by atoms with Crippen molar-refractivity contribution < 1.29 is 13.2 Å². The Balaban J connectivity index is 1.74. The third-order valence-corrected chi connectivity index (χ3v) is 7.70. The fourth-order valence-corrected chi connectivity index (χ4v) is 5.10. The molecular formula is C20H22N4O3S2. The van der Waals surface area contributed by atoms with E-state index in [9.17, 15) is 13.2 Å². The summed E-state index contributed by atoms with van der Waals surface area (Å²) in [7, 11) is -0.663. The third-order valence-electron chi connectivity index (χ3n) is 4.45. The average Bonchev–Trinajstić information content (AvgIpc) is 3.10. The molecule has 9 heteroatoms. The Morgan fingerprint density at radius 3 is 2.48 bits per heavy atom. The van der Waals surface area contributed by atoms with Crippen molar-refractivity contribution in [3.63, 3.8) is 0 Å². The average molecular weight is 431 g/mol. The number of benzene rings is 2. The number of aryl methyl sites for hydroxylation is 1. The van der Waals surface area contributed by atoms with E-state index in [1.165, 1.54) is 11.9 Å². The van der Waals surface area contributed by atoms with Gasteiger partial charge in [-0.05, 0) is 42.8 Å². The fourth-order valence-electron chi connectivity index (χ4n) is 2.79. The van der Waals surface area contributed by atoms with Crippen LogP contribution in [0.4, 0.5) is 10.8 Å². The van der Waals surface area contributed by atoms with E-state index in [0.717, 1.165) is 28.0 Å². The lowest BCUT2D eigenvalue weighted by molar-refractivity contribution is -0.117. The van der Waals surface area contributed by atoms with E-state index < -0.39 is 10.0 Å². The molecule has 7 nitrogen and oxygen atoms in total. The summed E-state index contributed by atoms with van der Waals surface area (Å²) in [4.78, 5) is 18.3. The highest BCUT2D eigenvalue weighted by molar-refractivity contribution is 7.91. The first kappa shape index (κ1) is 21.0. The zero-order valence-electron chi connectivity index (χ0n) is 16.3. The van der Waals surface area contributed by atoms with E-state index in [1.807, 2.05) is 48.5 Å². The minimum atomic E-state index is -3.60. The number of likely N-dealkylation sites (N-methyl/N-ethyl adjacent to an activating group) is 1. The van der Waals surface area contributed by atoms with Crippen molar-refractivity contribution in [1.82, 2.24) is 9.71 Å². The zero-order valence-corrected chi connectivity index (χ0v) is 18.0. The molecule has 0 saturated carbocycles. The first-order chi connectivity index (χ1) is 13.7. The number of aromatic nitrogens is 1. The van der Waals surface area contributed by atoms with Crippen LogP contribution < -0.4 is 15.4 Å². The summed E-state index contributed by atoms with van der Waals surface area (Å²) in [6.45, 7) is 1.61. The molecule has 3 N–H and O–H groups in total. The highest BCUT2D eigenvalue weighted by Crippen LogP contribution is 2.29. The van der Waals surface area contributed by atoms with E-state index >= 15 is 0 Å². The monoisotopic (exact) mass is 430 g/mol. The Hall–Kier alpha value is -2.75. The van der Waals surface area contributed by atoms with Gasteiger partial charge in [-0.15, -0.1) is 0 Å². The number of nitrogens with two attached hydrogens (primary N) is 1. The van der Waals surface area contributed by atoms with Crippen LogP contribution in [0.2, 0.25) is 0 Å². The van der Waals surface area contributed by atoms with Crippen molar-refractivity contribution in [2.75, 3.05) is 24.7 Å². The maximum Gasteiger partial charge on any atom is 0.251 e. The SMILES string of the molecule is CNS(=O)(=O)c1sc(N(C)C(=O)Cc2ccc(-c3cccc(N)c3)cc2)nc1C. The number of nitrogen functional groups attached to an aromatic ring is 1. The van der Waals surface area contributed by atoms with Gasteiger partial charge < -0.3 is 5.73 Å². The highest BCUT2D eigenvalue weighted by Gasteiger charge is 2.23. The molecule has 2 aromatic carbocycles. The van der Waals surface area contributed by atoms with E-state index in [1.54, 1.807) is 14.0 Å². The second kappa shape index (κ2) is 8.32. The number of hydrogen-bond donors (Lipinski definition) is 2. The van der Waals surface area contributed by atoms with Crippen molar-refractivity contribution in [2.45, 2.75) is 17.6 Å². The molecule has 1 heterocycles. The van der Waals surface area contributed by atoms with Crippen LogP contribution in [-0.4, -0.2) is 33.4 Å². The maximum absolute atomic E-state index is 12.7. The molecule has 0 fully saturated rings. The summed E-state index contributed by atoms with van der Waals surface area (Å²) in [5, 5.41) is 0.345. The van der Waals surface area contributed by atoms with Crippen molar-refractivity contribution in [3.05, 3.63) is 59.8 Å². The fraction of sp³-hybridized carbons (Fsp3) is 0.200. The summed E-state index contributed by atoms with van der Waals surface area (Å²) >= 11 is 0.971. The maximum atomic E-state index is 12.7. The molecule has 0 aliphatic rings. The second-order valence-electron chi connectivity index (χ2n) is 6.53. The minimum Gasteiger partial charge on any atom is -0.399 e. The first-order valence-electron chi connectivity index (χ1n) is 8.83. The van der Waals surface area contributed by atoms with Crippen LogP contribution in [0.25, 0.3) is 11.1 Å². The number of rotatable bonds is 6. The van der Waals surface area contributed by atoms with Gasteiger partial charge in [-0.2, -0.15) is 0 Å². The van der Waals surface area contributed by atoms with Crippen LogP contribution >= 0.6 is 11.3 Å². The van der Waals surface area contributed by atoms with Crippen LogP contribution in [-0.2, 0) is 21.2 Å². The Labute approximate surface area is 174 Å². The molecule has 0 atom stereocenters.